The van der Waals surface area contributed by atoms with Gasteiger partial charge < -0.3 is 34.7 Å². The van der Waals surface area contributed by atoms with E-state index in [4.69, 9.17) is 24.1 Å². The molecule has 0 saturated heterocycles. The number of halogens is 2. The van der Waals surface area contributed by atoms with Crippen LogP contribution in [0.3, 0.4) is 0 Å². The summed E-state index contributed by atoms with van der Waals surface area (Å²) in [7, 11) is 0. The van der Waals surface area contributed by atoms with E-state index in [0.717, 1.165) is 6.07 Å². The van der Waals surface area contributed by atoms with E-state index in [9.17, 15) is 14.0 Å². The van der Waals surface area contributed by atoms with Crippen molar-refractivity contribution in [3.63, 3.8) is 0 Å². The molecule has 216 valence electrons. The zero-order valence-electron chi connectivity index (χ0n) is 22.1. The van der Waals surface area contributed by atoms with E-state index < -0.39 is 28.9 Å². The molecule has 4 aromatic rings. The van der Waals surface area contributed by atoms with Gasteiger partial charge in [-0.3, -0.25) is 14.6 Å². The minimum atomic E-state index is -1.29. The van der Waals surface area contributed by atoms with Crippen LogP contribution in [-0.4, -0.2) is 48.3 Å². The maximum atomic E-state index is 15.2. The largest absolute Gasteiger partial charge is 0.487 e. The minimum Gasteiger partial charge on any atom is -0.487 e. The number of pyridine rings is 1. The lowest BCUT2D eigenvalue weighted by molar-refractivity contribution is -0.131. The highest BCUT2D eigenvalue weighted by Gasteiger charge is 2.56. The highest BCUT2D eigenvalue weighted by molar-refractivity contribution is 6.16. The topological polar surface area (TPSA) is 128 Å². The fourth-order valence-corrected chi connectivity index (χ4v) is 4.62. The van der Waals surface area contributed by atoms with Crippen molar-refractivity contribution < 1.29 is 42.4 Å². The number of amides is 2. The van der Waals surface area contributed by atoms with Gasteiger partial charge >= 0.3 is 0 Å². The highest BCUT2D eigenvalue weighted by atomic mass is 19.1. The molecule has 0 unspecified atom stereocenters. The van der Waals surface area contributed by atoms with Crippen LogP contribution >= 0.6 is 0 Å². The average molecular weight is 578 g/mol. The highest BCUT2D eigenvalue weighted by Crippen LogP contribution is 2.49. The summed E-state index contributed by atoms with van der Waals surface area (Å²) in [6.45, 7) is 0.420. The monoisotopic (exact) mass is 577 g/mol. The van der Waals surface area contributed by atoms with Crippen LogP contribution in [0.25, 0.3) is 10.9 Å². The molecule has 1 fully saturated rings. The predicted molar refractivity (Wildman–Crippen MR) is 147 cm³/mol. The van der Waals surface area contributed by atoms with Crippen molar-refractivity contribution in [1.29, 1.82) is 0 Å². The van der Waals surface area contributed by atoms with E-state index >= 15 is 4.39 Å². The summed E-state index contributed by atoms with van der Waals surface area (Å²) in [5, 5.41) is 14.8. The Kier molecular flexibility index (Phi) is 7.21. The zero-order chi connectivity index (χ0) is 29.3. The number of aliphatic hydroxyl groups is 1. The molecule has 2 heterocycles. The van der Waals surface area contributed by atoms with Gasteiger partial charge in [-0.15, -0.1) is 0 Å². The standard InChI is InChI=1S/C30H25F2N3O7/c31-17-1-3-18(4-2-17)34-28(37)30(8-9-30)29(38)35-19-5-6-22(20(32)15-19)42-23-7-10-33-21-16-24(39-12-11-36)26-27(25(21)23)41-14-13-40-26/h1-7,10,15-16,36H,8-9,11-14H2,(H,34,37)(H,35,38). The molecule has 1 aliphatic carbocycles. The summed E-state index contributed by atoms with van der Waals surface area (Å²) in [4.78, 5) is 30.2. The van der Waals surface area contributed by atoms with Gasteiger partial charge in [-0.1, -0.05) is 0 Å². The average Bonchev–Trinajstić information content (AvgIpc) is 3.81. The number of nitrogens with one attached hydrogen (secondary N) is 2. The number of rotatable bonds is 9. The smallest absolute Gasteiger partial charge is 0.240 e. The Bertz CT molecular complexity index is 1680. The van der Waals surface area contributed by atoms with Crippen LogP contribution in [0.5, 0.6) is 28.7 Å². The number of carbonyl (C=O) groups excluding carboxylic acids is 2. The number of benzene rings is 3. The van der Waals surface area contributed by atoms with Crippen molar-refractivity contribution in [2.75, 3.05) is 37.1 Å². The first-order valence-corrected chi connectivity index (χ1v) is 13.2. The molecular weight excluding hydrogens is 552 g/mol. The first-order chi connectivity index (χ1) is 20.4. The quantitative estimate of drug-likeness (QED) is 0.242. The van der Waals surface area contributed by atoms with Crippen LogP contribution < -0.4 is 29.6 Å². The van der Waals surface area contributed by atoms with Gasteiger partial charge in [-0.25, -0.2) is 8.78 Å². The molecule has 12 heteroatoms. The van der Waals surface area contributed by atoms with Crippen molar-refractivity contribution in [3.05, 3.63) is 72.4 Å². The van der Waals surface area contributed by atoms with Crippen LogP contribution in [0.15, 0.2) is 60.8 Å². The van der Waals surface area contributed by atoms with Crippen molar-refractivity contribution in [3.8, 4) is 28.7 Å². The molecule has 3 aromatic carbocycles. The van der Waals surface area contributed by atoms with Gasteiger partial charge in [0.1, 0.15) is 36.8 Å². The van der Waals surface area contributed by atoms with E-state index in [-0.39, 0.29) is 37.0 Å². The number of nitrogens with zero attached hydrogens (tertiary/aromatic N) is 1. The summed E-state index contributed by atoms with van der Waals surface area (Å²) in [5.74, 6) is -1.16. The number of fused-ring (bicyclic) bond motifs is 3. The van der Waals surface area contributed by atoms with Crippen molar-refractivity contribution >= 4 is 34.1 Å². The SMILES string of the molecule is O=C(Nc1ccc(F)cc1)C1(C(=O)Nc2ccc(Oc3ccnc4cc(OCCO)c5c(c34)OCCO5)c(F)c2)CC1. The first kappa shape index (κ1) is 27.2. The molecule has 42 heavy (non-hydrogen) atoms. The molecule has 2 amide bonds. The first-order valence-electron chi connectivity index (χ1n) is 13.2. The number of aliphatic hydroxyl groups excluding tert-OH is 1. The van der Waals surface area contributed by atoms with Crippen LogP contribution in [0, 0.1) is 17.0 Å². The van der Waals surface area contributed by atoms with E-state index in [0.29, 0.717) is 53.3 Å². The summed E-state index contributed by atoms with van der Waals surface area (Å²) >= 11 is 0. The fraction of sp³-hybridized carbons (Fsp3) is 0.233. The normalized spacial score (nSPS) is 14.6. The van der Waals surface area contributed by atoms with E-state index in [1.54, 1.807) is 12.1 Å². The molecule has 1 aromatic heterocycles. The van der Waals surface area contributed by atoms with Crippen LogP contribution in [0.1, 0.15) is 12.8 Å². The second-order valence-corrected chi connectivity index (χ2v) is 9.75. The summed E-state index contributed by atoms with van der Waals surface area (Å²) in [6, 6.07) is 12.3. The number of ether oxygens (including phenoxy) is 4. The Hall–Kier alpha value is -4.97. The lowest BCUT2D eigenvalue weighted by Gasteiger charge is -2.23. The second kappa shape index (κ2) is 11.1. The molecule has 0 atom stereocenters. The molecule has 10 nitrogen and oxygen atoms in total. The van der Waals surface area contributed by atoms with Crippen LogP contribution in [-0.2, 0) is 9.59 Å². The second-order valence-electron chi connectivity index (χ2n) is 9.75. The molecule has 0 spiro atoms. The molecule has 0 bridgehead atoms. The van der Waals surface area contributed by atoms with Gasteiger partial charge in [0.25, 0.3) is 0 Å². The van der Waals surface area contributed by atoms with Gasteiger partial charge in [-0.05, 0) is 55.3 Å². The predicted octanol–water partition coefficient (Wildman–Crippen LogP) is 4.81. The summed E-state index contributed by atoms with van der Waals surface area (Å²) < 4.78 is 51.5. The fourth-order valence-electron chi connectivity index (χ4n) is 4.62. The molecule has 3 N–H and O–H groups in total. The Labute approximate surface area is 238 Å². The molecule has 6 rings (SSSR count). The van der Waals surface area contributed by atoms with Gasteiger partial charge in [0, 0.05) is 29.7 Å². The van der Waals surface area contributed by atoms with Crippen molar-refractivity contribution in [2.24, 2.45) is 5.41 Å². The third-order valence-corrected chi connectivity index (χ3v) is 6.92. The van der Waals surface area contributed by atoms with Crippen molar-refractivity contribution in [1.82, 2.24) is 4.98 Å². The van der Waals surface area contributed by atoms with Gasteiger partial charge in [0.2, 0.25) is 17.6 Å². The molecule has 0 radical (unpaired) electrons. The maximum Gasteiger partial charge on any atom is 0.240 e. The molecule has 1 aliphatic heterocycles. The lowest BCUT2D eigenvalue weighted by Crippen LogP contribution is -2.35. The van der Waals surface area contributed by atoms with Gasteiger partial charge in [0.05, 0.1) is 17.5 Å². The number of anilines is 2. The van der Waals surface area contributed by atoms with Gasteiger partial charge in [0.15, 0.2) is 23.1 Å². The molecular formula is C30H25F2N3O7. The zero-order valence-corrected chi connectivity index (χ0v) is 22.1. The molecule has 2 aliphatic rings. The third-order valence-electron chi connectivity index (χ3n) is 6.92. The Balaban J connectivity index is 1.20. The lowest BCUT2D eigenvalue weighted by atomic mass is 10.0. The van der Waals surface area contributed by atoms with E-state index in [1.807, 2.05) is 0 Å². The number of hydrogen-bond donors (Lipinski definition) is 3. The maximum absolute atomic E-state index is 15.2. The van der Waals surface area contributed by atoms with Crippen molar-refractivity contribution in [2.45, 2.75) is 12.8 Å². The van der Waals surface area contributed by atoms with E-state index in [1.165, 1.54) is 42.6 Å². The number of aromatic nitrogens is 1. The van der Waals surface area contributed by atoms with E-state index in [2.05, 4.69) is 15.6 Å². The van der Waals surface area contributed by atoms with Crippen LogP contribution in [0.2, 0.25) is 0 Å². The Morgan fingerprint density at radius 3 is 2.26 bits per heavy atom. The molecule has 1 saturated carbocycles. The number of carbonyl (C=O) groups is 2. The minimum absolute atomic E-state index is 0.0473. The Morgan fingerprint density at radius 2 is 1.57 bits per heavy atom. The van der Waals surface area contributed by atoms with Crippen LogP contribution in [0.4, 0.5) is 20.2 Å². The van der Waals surface area contributed by atoms with Gasteiger partial charge in [-0.2, -0.15) is 0 Å². The summed E-state index contributed by atoms with van der Waals surface area (Å²) in [5.41, 5.74) is -0.340. The summed E-state index contributed by atoms with van der Waals surface area (Å²) in [6.07, 6.45) is 2.14. The number of hydrogen-bond acceptors (Lipinski definition) is 8. The Morgan fingerprint density at radius 1 is 0.881 bits per heavy atom. The third kappa shape index (κ3) is 5.23.